The van der Waals surface area contributed by atoms with E-state index in [4.69, 9.17) is 16.3 Å². The first-order chi connectivity index (χ1) is 16.3. The highest BCUT2D eigenvalue weighted by Crippen LogP contribution is 2.24. The number of aromatic nitrogens is 2. The Labute approximate surface area is 205 Å². The number of anilines is 1. The van der Waals surface area contributed by atoms with E-state index in [1.165, 1.54) is 11.1 Å². The maximum absolute atomic E-state index is 13.1. The summed E-state index contributed by atoms with van der Waals surface area (Å²) in [5, 5.41) is 8.39. The predicted molar refractivity (Wildman–Crippen MR) is 137 cm³/mol. The molecule has 0 radical (unpaired) electrons. The summed E-state index contributed by atoms with van der Waals surface area (Å²) in [5.41, 5.74) is 7.32. The van der Waals surface area contributed by atoms with Gasteiger partial charge < -0.3 is 10.1 Å². The van der Waals surface area contributed by atoms with E-state index in [9.17, 15) is 4.79 Å². The second-order valence-corrected chi connectivity index (χ2v) is 8.92. The minimum atomic E-state index is -0.175. The van der Waals surface area contributed by atoms with E-state index >= 15 is 0 Å². The third kappa shape index (κ3) is 5.32. The number of ether oxygens (including phenoxy) is 1. The lowest BCUT2D eigenvalue weighted by molar-refractivity contribution is 0.102. The highest BCUT2D eigenvalue weighted by molar-refractivity contribution is 6.30. The van der Waals surface area contributed by atoms with Crippen molar-refractivity contribution in [3.8, 4) is 5.75 Å². The molecule has 174 valence electrons. The average Bonchev–Trinajstić information content (AvgIpc) is 3.07. The quantitative estimate of drug-likeness (QED) is 0.327. The lowest BCUT2D eigenvalue weighted by Gasteiger charge is -2.11. The molecule has 0 unspecified atom stereocenters. The van der Waals surface area contributed by atoms with Crippen molar-refractivity contribution in [2.45, 2.75) is 40.8 Å². The monoisotopic (exact) mass is 473 g/mol. The van der Waals surface area contributed by atoms with Crippen molar-refractivity contribution in [1.82, 2.24) is 9.78 Å². The van der Waals surface area contributed by atoms with Gasteiger partial charge in [-0.3, -0.25) is 9.48 Å². The largest absolute Gasteiger partial charge is 0.489 e. The van der Waals surface area contributed by atoms with Crippen molar-refractivity contribution in [2.75, 3.05) is 5.32 Å². The van der Waals surface area contributed by atoms with Crippen molar-refractivity contribution < 1.29 is 9.53 Å². The van der Waals surface area contributed by atoms with Crippen molar-refractivity contribution in [1.29, 1.82) is 0 Å². The number of carbonyl (C=O) groups excluding carboxylic acids is 1. The Morgan fingerprint density at radius 3 is 2.53 bits per heavy atom. The molecule has 0 fully saturated rings. The fourth-order valence-corrected chi connectivity index (χ4v) is 4.13. The number of nitrogens with zero attached hydrogens (tertiary/aromatic N) is 2. The predicted octanol–water partition coefficient (Wildman–Crippen LogP) is 6.65. The molecule has 1 aromatic heterocycles. The lowest BCUT2D eigenvalue weighted by atomic mass is 10.1. The Morgan fingerprint density at radius 2 is 1.76 bits per heavy atom. The molecule has 1 heterocycles. The summed E-state index contributed by atoms with van der Waals surface area (Å²) in [7, 11) is 0. The molecular formula is C28H28ClN3O2. The van der Waals surface area contributed by atoms with Gasteiger partial charge in [0.25, 0.3) is 5.91 Å². The number of hydrogen-bond acceptors (Lipinski definition) is 3. The molecule has 6 heteroatoms. The molecule has 1 amide bonds. The first kappa shape index (κ1) is 23.6. The summed E-state index contributed by atoms with van der Waals surface area (Å²) in [6.45, 7) is 8.95. The fourth-order valence-electron chi connectivity index (χ4n) is 3.90. The number of nitrogens with one attached hydrogen (secondary N) is 1. The molecule has 0 spiro atoms. The Morgan fingerprint density at radius 1 is 0.971 bits per heavy atom. The first-order valence-corrected chi connectivity index (χ1v) is 11.6. The molecule has 0 saturated heterocycles. The van der Waals surface area contributed by atoms with Crippen LogP contribution in [0.1, 0.15) is 44.0 Å². The second-order valence-electron chi connectivity index (χ2n) is 8.48. The number of hydrogen-bond donors (Lipinski definition) is 1. The van der Waals surface area contributed by atoms with Gasteiger partial charge in [-0.15, -0.1) is 0 Å². The molecule has 34 heavy (non-hydrogen) atoms. The molecule has 5 nitrogen and oxygen atoms in total. The molecule has 0 aliphatic rings. The second kappa shape index (κ2) is 10.1. The highest BCUT2D eigenvalue weighted by Gasteiger charge is 2.16. The van der Waals surface area contributed by atoms with Gasteiger partial charge in [0.2, 0.25) is 0 Å². The number of halogens is 1. The van der Waals surface area contributed by atoms with E-state index in [0.717, 1.165) is 34.0 Å². The summed E-state index contributed by atoms with van der Waals surface area (Å²) >= 11 is 6.02. The van der Waals surface area contributed by atoms with E-state index in [0.29, 0.717) is 23.7 Å². The SMILES string of the molecule is Cc1ccccc1Cn1nc(C)c(NC(=O)c2cccc(COc3ccc(Cl)cc3C)c2)c1C. The maximum Gasteiger partial charge on any atom is 0.255 e. The van der Waals surface area contributed by atoms with Gasteiger partial charge in [0.1, 0.15) is 12.4 Å². The number of rotatable bonds is 7. The normalized spacial score (nSPS) is 10.9. The molecule has 0 saturated carbocycles. The number of amides is 1. The Bertz CT molecular complexity index is 1340. The van der Waals surface area contributed by atoms with Crippen LogP contribution in [0, 0.1) is 27.7 Å². The topological polar surface area (TPSA) is 56.2 Å². The van der Waals surface area contributed by atoms with Gasteiger partial charge in [-0.1, -0.05) is 48.0 Å². The van der Waals surface area contributed by atoms with Gasteiger partial charge in [0, 0.05) is 10.6 Å². The van der Waals surface area contributed by atoms with Crippen molar-refractivity contribution >= 4 is 23.2 Å². The molecule has 1 N–H and O–H groups in total. The average molecular weight is 474 g/mol. The summed E-state index contributed by atoms with van der Waals surface area (Å²) in [6, 6.07) is 21.2. The van der Waals surface area contributed by atoms with Crippen LogP contribution in [0.2, 0.25) is 5.02 Å². The maximum atomic E-state index is 13.1. The highest BCUT2D eigenvalue weighted by atomic mass is 35.5. The molecule has 3 aromatic carbocycles. The minimum Gasteiger partial charge on any atom is -0.489 e. The number of carbonyl (C=O) groups is 1. The van der Waals surface area contributed by atoms with Crippen LogP contribution in [0.25, 0.3) is 0 Å². The molecule has 0 atom stereocenters. The zero-order valence-corrected chi connectivity index (χ0v) is 20.6. The molecule has 0 aliphatic heterocycles. The molecule has 0 aliphatic carbocycles. The van der Waals surface area contributed by atoms with Gasteiger partial charge in [-0.25, -0.2) is 0 Å². The molecule has 0 bridgehead atoms. The standard InChI is InChI=1S/C28H28ClN3O2/c1-18-8-5-6-10-24(18)16-32-21(4)27(20(3)31-32)30-28(33)23-11-7-9-22(15-23)17-34-26-13-12-25(29)14-19(26)2/h5-15H,16-17H2,1-4H3,(H,30,33). The third-order valence-corrected chi connectivity index (χ3v) is 6.16. The van der Waals surface area contributed by atoms with E-state index in [1.54, 1.807) is 12.1 Å². The smallest absolute Gasteiger partial charge is 0.255 e. The summed E-state index contributed by atoms with van der Waals surface area (Å²) < 4.78 is 7.87. The molecule has 4 aromatic rings. The Kier molecular flexibility index (Phi) is 7.03. The van der Waals surface area contributed by atoms with Gasteiger partial charge in [-0.2, -0.15) is 5.10 Å². The van der Waals surface area contributed by atoms with Crippen LogP contribution in [0.4, 0.5) is 5.69 Å². The Balaban J connectivity index is 1.47. The summed E-state index contributed by atoms with van der Waals surface area (Å²) in [4.78, 5) is 13.1. The summed E-state index contributed by atoms with van der Waals surface area (Å²) in [6.07, 6.45) is 0. The van der Waals surface area contributed by atoms with Crippen LogP contribution in [-0.2, 0) is 13.2 Å². The Hall–Kier alpha value is -3.57. The fraction of sp³-hybridized carbons (Fsp3) is 0.214. The zero-order chi connectivity index (χ0) is 24.2. The van der Waals surface area contributed by atoms with E-state index < -0.39 is 0 Å². The molecular weight excluding hydrogens is 446 g/mol. The number of benzene rings is 3. The van der Waals surface area contributed by atoms with Crippen LogP contribution in [0.3, 0.4) is 0 Å². The van der Waals surface area contributed by atoms with Crippen molar-refractivity contribution in [2.24, 2.45) is 0 Å². The van der Waals surface area contributed by atoms with Crippen LogP contribution >= 0.6 is 11.6 Å². The minimum absolute atomic E-state index is 0.175. The van der Waals surface area contributed by atoms with Gasteiger partial charge in [-0.05, 0) is 80.3 Å². The van der Waals surface area contributed by atoms with E-state index in [1.807, 2.05) is 67.9 Å². The third-order valence-electron chi connectivity index (χ3n) is 5.92. The van der Waals surface area contributed by atoms with Crippen LogP contribution in [0.15, 0.2) is 66.7 Å². The van der Waals surface area contributed by atoms with Gasteiger partial charge >= 0.3 is 0 Å². The van der Waals surface area contributed by atoms with Crippen LogP contribution in [-0.4, -0.2) is 15.7 Å². The van der Waals surface area contributed by atoms with Crippen molar-refractivity contribution in [3.05, 3.63) is 111 Å². The summed E-state index contributed by atoms with van der Waals surface area (Å²) in [5.74, 6) is 0.595. The van der Waals surface area contributed by atoms with Gasteiger partial charge in [0.15, 0.2) is 0 Å². The first-order valence-electron chi connectivity index (χ1n) is 11.2. The van der Waals surface area contributed by atoms with Gasteiger partial charge in [0.05, 0.1) is 23.6 Å². The van der Waals surface area contributed by atoms with Crippen LogP contribution < -0.4 is 10.1 Å². The zero-order valence-electron chi connectivity index (χ0n) is 19.9. The number of aryl methyl sites for hydroxylation is 3. The van der Waals surface area contributed by atoms with Crippen LogP contribution in [0.5, 0.6) is 5.75 Å². The van der Waals surface area contributed by atoms with E-state index in [-0.39, 0.29) is 5.91 Å². The van der Waals surface area contributed by atoms with Crippen molar-refractivity contribution in [3.63, 3.8) is 0 Å². The molecule has 4 rings (SSSR count). The lowest BCUT2D eigenvalue weighted by Crippen LogP contribution is -2.14. The van der Waals surface area contributed by atoms with E-state index in [2.05, 4.69) is 29.5 Å².